The molecule has 0 amide bonds. The minimum absolute atomic E-state index is 0.238. The topological polar surface area (TPSA) is 17.8 Å². The van der Waals surface area contributed by atoms with Gasteiger partial charge in [-0.3, -0.25) is 4.68 Å². The highest BCUT2D eigenvalue weighted by atomic mass is 35.5. The third-order valence-corrected chi connectivity index (χ3v) is 5.25. The summed E-state index contributed by atoms with van der Waals surface area (Å²) in [6.07, 6.45) is 8.24. The SMILES string of the molecule is CCc1nn(C)c(CC2(CCl)CCCCC2)c1Cl. The molecule has 1 saturated carbocycles. The molecule has 0 aliphatic heterocycles. The molecule has 1 fully saturated rings. The van der Waals surface area contributed by atoms with Crippen molar-refractivity contribution >= 4 is 23.2 Å². The monoisotopic (exact) mass is 288 g/mol. The van der Waals surface area contributed by atoms with Gasteiger partial charge in [-0.05, 0) is 31.1 Å². The van der Waals surface area contributed by atoms with Crippen molar-refractivity contribution < 1.29 is 0 Å². The van der Waals surface area contributed by atoms with Crippen LogP contribution in [0.5, 0.6) is 0 Å². The fourth-order valence-electron chi connectivity index (χ4n) is 3.03. The number of hydrogen-bond donors (Lipinski definition) is 0. The highest BCUT2D eigenvalue weighted by Gasteiger charge is 2.33. The molecule has 2 rings (SSSR count). The van der Waals surface area contributed by atoms with Crippen LogP contribution < -0.4 is 0 Å². The second-order valence-electron chi connectivity index (χ2n) is 5.56. The van der Waals surface area contributed by atoms with Crippen LogP contribution in [-0.4, -0.2) is 15.7 Å². The molecule has 102 valence electrons. The standard InChI is InChI=1S/C14H22Cl2N2/c1-3-11-13(16)12(18(2)17-11)9-14(10-15)7-5-4-6-8-14/h3-10H2,1-2H3. The Morgan fingerprint density at radius 1 is 1.28 bits per heavy atom. The molecule has 0 bridgehead atoms. The number of aryl methyl sites for hydroxylation is 2. The van der Waals surface area contributed by atoms with Crippen molar-refractivity contribution in [3.8, 4) is 0 Å². The van der Waals surface area contributed by atoms with E-state index in [-0.39, 0.29) is 5.41 Å². The van der Waals surface area contributed by atoms with Crippen LogP contribution in [0.3, 0.4) is 0 Å². The van der Waals surface area contributed by atoms with Crippen molar-refractivity contribution in [3.63, 3.8) is 0 Å². The lowest BCUT2D eigenvalue weighted by Crippen LogP contribution is -2.29. The van der Waals surface area contributed by atoms with E-state index in [1.807, 2.05) is 11.7 Å². The van der Waals surface area contributed by atoms with E-state index in [2.05, 4.69) is 12.0 Å². The maximum atomic E-state index is 6.44. The molecule has 2 nitrogen and oxygen atoms in total. The highest BCUT2D eigenvalue weighted by Crippen LogP contribution is 2.41. The molecule has 0 saturated heterocycles. The van der Waals surface area contributed by atoms with Crippen molar-refractivity contribution in [1.82, 2.24) is 9.78 Å². The molecule has 0 N–H and O–H groups in total. The quantitative estimate of drug-likeness (QED) is 0.753. The van der Waals surface area contributed by atoms with Gasteiger partial charge in [0.15, 0.2) is 0 Å². The molecule has 0 atom stereocenters. The molecular formula is C14H22Cl2N2. The molecule has 1 aromatic heterocycles. The molecule has 0 unspecified atom stereocenters. The average molecular weight is 289 g/mol. The predicted molar refractivity (Wildman–Crippen MR) is 77.5 cm³/mol. The fraction of sp³-hybridized carbons (Fsp3) is 0.786. The number of hydrogen-bond acceptors (Lipinski definition) is 1. The van der Waals surface area contributed by atoms with Crippen LogP contribution in [0.4, 0.5) is 0 Å². The number of nitrogens with zero attached hydrogens (tertiary/aromatic N) is 2. The summed E-state index contributed by atoms with van der Waals surface area (Å²) in [5, 5.41) is 5.36. The van der Waals surface area contributed by atoms with Crippen LogP contribution >= 0.6 is 23.2 Å². The second kappa shape index (κ2) is 5.83. The van der Waals surface area contributed by atoms with E-state index in [4.69, 9.17) is 23.2 Å². The summed E-state index contributed by atoms with van der Waals surface area (Å²) < 4.78 is 1.95. The van der Waals surface area contributed by atoms with Crippen LogP contribution in [0.1, 0.15) is 50.4 Å². The van der Waals surface area contributed by atoms with Crippen LogP contribution in [0.25, 0.3) is 0 Å². The van der Waals surface area contributed by atoms with E-state index in [1.165, 1.54) is 32.1 Å². The Bertz CT molecular complexity index is 406. The Balaban J connectivity index is 2.24. The zero-order valence-corrected chi connectivity index (χ0v) is 12.8. The van der Waals surface area contributed by atoms with Gasteiger partial charge in [-0.1, -0.05) is 37.8 Å². The normalized spacial score (nSPS) is 19.1. The summed E-state index contributed by atoms with van der Waals surface area (Å²) >= 11 is 12.7. The lowest BCUT2D eigenvalue weighted by molar-refractivity contribution is 0.215. The molecule has 18 heavy (non-hydrogen) atoms. The van der Waals surface area contributed by atoms with Gasteiger partial charge in [-0.25, -0.2) is 0 Å². The first-order chi connectivity index (χ1) is 8.62. The van der Waals surface area contributed by atoms with E-state index < -0.39 is 0 Å². The Morgan fingerprint density at radius 3 is 2.44 bits per heavy atom. The van der Waals surface area contributed by atoms with Gasteiger partial charge >= 0.3 is 0 Å². The van der Waals surface area contributed by atoms with Gasteiger partial charge in [0.05, 0.1) is 16.4 Å². The maximum Gasteiger partial charge on any atom is 0.0849 e. The Labute approximate surface area is 120 Å². The summed E-state index contributed by atoms with van der Waals surface area (Å²) in [5.41, 5.74) is 2.41. The van der Waals surface area contributed by atoms with Gasteiger partial charge in [0.1, 0.15) is 0 Å². The van der Waals surface area contributed by atoms with Crippen LogP contribution in [0.2, 0.25) is 5.02 Å². The summed E-state index contributed by atoms with van der Waals surface area (Å²) in [4.78, 5) is 0. The Morgan fingerprint density at radius 2 is 1.94 bits per heavy atom. The summed E-state index contributed by atoms with van der Waals surface area (Å²) in [6, 6.07) is 0. The zero-order chi connectivity index (χ0) is 13.2. The molecule has 0 aromatic carbocycles. The lowest BCUT2D eigenvalue weighted by Gasteiger charge is -2.35. The smallest absolute Gasteiger partial charge is 0.0849 e. The predicted octanol–water partition coefficient (Wildman–Crippen LogP) is 4.37. The molecular weight excluding hydrogens is 267 g/mol. The minimum atomic E-state index is 0.238. The first kappa shape index (κ1) is 14.2. The number of halogens is 2. The average Bonchev–Trinajstić information content (AvgIpc) is 2.67. The third kappa shape index (κ3) is 2.70. The van der Waals surface area contributed by atoms with Crippen molar-refractivity contribution in [3.05, 3.63) is 16.4 Å². The largest absolute Gasteiger partial charge is 0.271 e. The van der Waals surface area contributed by atoms with Gasteiger partial charge in [0.2, 0.25) is 0 Å². The second-order valence-corrected chi connectivity index (χ2v) is 6.20. The molecule has 4 heteroatoms. The van der Waals surface area contributed by atoms with Gasteiger partial charge in [0.25, 0.3) is 0 Å². The van der Waals surface area contributed by atoms with Crippen molar-refractivity contribution in [2.45, 2.75) is 51.9 Å². The highest BCUT2D eigenvalue weighted by molar-refractivity contribution is 6.31. The van der Waals surface area contributed by atoms with Crippen molar-refractivity contribution in [2.75, 3.05) is 5.88 Å². The van der Waals surface area contributed by atoms with E-state index >= 15 is 0 Å². The van der Waals surface area contributed by atoms with E-state index in [9.17, 15) is 0 Å². The molecule has 1 aromatic rings. The number of rotatable bonds is 4. The third-order valence-electron chi connectivity index (χ3n) is 4.24. The molecule has 1 aliphatic carbocycles. The Kier molecular flexibility index (Phi) is 4.60. The molecule has 0 spiro atoms. The minimum Gasteiger partial charge on any atom is -0.271 e. The van der Waals surface area contributed by atoms with Crippen molar-refractivity contribution in [2.24, 2.45) is 12.5 Å². The molecule has 1 heterocycles. The van der Waals surface area contributed by atoms with Crippen molar-refractivity contribution in [1.29, 1.82) is 0 Å². The lowest BCUT2D eigenvalue weighted by atomic mass is 9.72. The fourth-order valence-corrected chi connectivity index (χ4v) is 3.75. The van der Waals surface area contributed by atoms with Gasteiger partial charge in [-0.15, -0.1) is 11.6 Å². The number of aromatic nitrogens is 2. The first-order valence-corrected chi connectivity index (χ1v) is 7.79. The molecule has 1 aliphatic rings. The summed E-state index contributed by atoms with van der Waals surface area (Å²) in [6.45, 7) is 2.09. The van der Waals surface area contributed by atoms with E-state index in [0.29, 0.717) is 0 Å². The van der Waals surface area contributed by atoms with Crippen LogP contribution in [0, 0.1) is 5.41 Å². The van der Waals surface area contributed by atoms with E-state index in [1.54, 1.807) is 0 Å². The first-order valence-electron chi connectivity index (χ1n) is 6.88. The number of alkyl halides is 1. The van der Waals surface area contributed by atoms with Gasteiger partial charge in [0, 0.05) is 12.9 Å². The summed E-state index contributed by atoms with van der Waals surface area (Å²) in [7, 11) is 1.99. The van der Waals surface area contributed by atoms with E-state index in [0.717, 1.165) is 35.1 Å². The summed E-state index contributed by atoms with van der Waals surface area (Å²) in [5.74, 6) is 0.732. The van der Waals surface area contributed by atoms with Crippen LogP contribution in [-0.2, 0) is 19.9 Å². The zero-order valence-electron chi connectivity index (χ0n) is 11.3. The van der Waals surface area contributed by atoms with Gasteiger partial charge < -0.3 is 0 Å². The maximum absolute atomic E-state index is 6.44. The van der Waals surface area contributed by atoms with Crippen LogP contribution in [0.15, 0.2) is 0 Å². The Hall–Kier alpha value is -0.210. The molecule has 0 radical (unpaired) electrons. The van der Waals surface area contributed by atoms with Gasteiger partial charge in [-0.2, -0.15) is 5.10 Å².